The van der Waals surface area contributed by atoms with E-state index in [1.54, 1.807) is 0 Å². The Kier molecular flexibility index (Phi) is 6.45. The average molecular weight is 259 g/mol. The molecule has 0 spiro atoms. The second kappa shape index (κ2) is 7.88. The van der Waals surface area contributed by atoms with Gasteiger partial charge in [-0.05, 0) is 25.8 Å². The third kappa shape index (κ3) is 6.41. The first kappa shape index (κ1) is 14.7. The van der Waals surface area contributed by atoms with Gasteiger partial charge in [0.15, 0.2) is 0 Å². The molecule has 1 rings (SSSR count). The normalized spacial score (nSPS) is 16.1. The molecule has 0 saturated heterocycles. The van der Waals surface area contributed by atoms with E-state index in [1.165, 1.54) is 12.8 Å². The van der Waals surface area contributed by atoms with Crippen LogP contribution in [0.2, 0.25) is 0 Å². The third-order valence-corrected chi connectivity index (χ3v) is 2.67. The number of hydrogen-bond donors (Lipinski definition) is 5. The molecule has 104 valence electrons. The zero-order valence-corrected chi connectivity index (χ0v) is 10.3. The summed E-state index contributed by atoms with van der Waals surface area (Å²) in [5.74, 6) is -1.14. The molecule has 1 aliphatic carbocycles. The second-order valence-electron chi connectivity index (χ2n) is 4.39. The standard InChI is InChI=1S/C11H21N3O4/c15-7-4-9(10(16)17)14-11(18)13-6-1-5-12-8-2-3-8/h8-9,12,15H,1-7H2,(H,16,17)(H2,13,14,18)/t9-/m1/s1. The molecule has 7 heteroatoms. The van der Waals surface area contributed by atoms with Gasteiger partial charge in [0.1, 0.15) is 6.04 Å². The number of carboxylic acids is 1. The summed E-state index contributed by atoms with van der Waals surface area (Å²) in [5.41, 5.74) is 0. The largest absolute Gasteiger partial charge is 0.480 e. The molecule has 0 aliphatic heterocycles. The van der Waals surface area contributed by atoms with Gasteiger partial charge in [-0.15, -0.1) is 0 Å². The van der Waals surface area contributed by atoms with E-state index in [1.807, 2.05) is 0 Å². The highest BCUT2D eigenvalue weighted by molar-refractivity contribution is 5.82. The van der Waals surface area contributed by atoms with Crippen LogP contribution in [-0.4, -0.2) is 54.0 Å². The predicted octanol–water partition coefficient (Wildman–Crippen LogP) is -0.737. The molecule has 0 radical (unpaired) electrons. The lowest BCUT2D eigenvalue weighted by Gasteiger charge is -2.14. The Hall–Kier alpha value is -1.34. The molecule has 7 nitrogen and oxygen atoms in total. The maximum atomic E-state index is 11.4. The van der Waals surface area contributed by atoms with Crippen LogP contribution >= 0.6 is 0 Å². The molecule has 1 saturated carbocycles. The van der Waals surface area contributed by atoms with Gasteiger partial charge in [0.2, 0.25) is 0 Å². The molecule has 0 aromatic heterocycles. The Labute approximate surface area is 106 Å². The van der Waals surface area contributed by atoms with Gasteiger partial charge in [0.05, 0.1) is 0 Å². The van der Waals surface area contributed by atoms with Crippen molar-refractivity contribution < 1.29 is 19.8 Å². The number of aliphatic hydroxyl groups excluding tert-OH is 1. The average Bonchev–Trinajstić information content (AvgIpc) is 3.12. The van der Waals surface area contributed by atoms with Crippen LogP contribution in [0.1, 0.15) is 25.7 Å². The van der Waals surface area contributed by atoms with Crippen molar-refractivity contribution in [2.75, 3.05) is 19.7 Å². The van der Waals surface area contributed by atoms with Crippen LogP contribution in [0.15, 0.2) is 0 Å². The van der Waals surface area contributed by atoms with Gasteiger partial charge in [-0.3, -0.25) is 0 Å². The molecule has 18 heavy (non-hydrogen) atoms. The van der Waals surface area contributed by atoms with Gasteiger partial charge in [-0.25, -0.2) is 9.59 Å². The molecule has 0 aromatic carbocycles. The van der Waals surface area contributed by atoms with Crippen LogP contribution in [0.3, 0.4) is 0 Å². The number of rotatable bonds is 9. The zero-order valence-electron chi connectivity index (χ0n) is 10.3. The van der Waals surface area contributed by atoms with Gasteiger partial charge in [0.25, 0.3) is 0 Å². The van der Waals surface area contributed by atoms with Crippen molar-refractivity contribution in [1.29, 1.82) is 0 Å². The molecule has 0 heterocycles. The van der Waals surface area contributed by atoms with Crippen LogP contribution < -0.4 is 16.0 Å². The molecular formula is C11H21N3O4. The summed E-state index contributed by atoms with van der Waals surface area (Å²) < 4.78 is 0. The number of nitrogens with one attached hydrogen (secondary N) is 3. The van der Waals surface area contributed by atoms with Gasteiger partial charge < -0.3 is 26.2 Å². The maximum absolute atomic E-state index is 11.4. The Morgan fingerprint density at radius 1 is 1.28 bits per heavy atom. The van der Waals surface area contributed by atoms with Crippen LogP contribution in [0.4, 0.5) is 4.79 Å². The van der Waals surface area contributed by atoms with Crippen molar-refractivity contribution in [1.82, 2.24) is 16.0 Å². The topological polar surface area (TPSA) is 111 Å². The molecule has 1 atom stereocenters. The van der Waals surface area contributed by atoms with Crippen molar-refractivity contribution in [3.63, 3.8) is 0 Å². The Bertz CT molecular complexity index is 281. The van der Waals surface area contributed by atoms with E-state index in [9.17, 15) is 9.59 Å². The van der Waals surface area contributed by atoms with Crippen LogP contribution in [0.5, 0.6) is 0 Å². The number of carboxylic acid groups (broad SMARTS) is 1. The molecule has 5 N–H and O–H groups in total. The fourth-order valence-corrected chi connectivity index (χ4v) is 1.48. The van der Waals surface area contributed by atoms with Crippen molar-refractivity contribution >= 4 is 12.0 Å². The van der Waals surface area contributed by atoms with Gasteiger partial charge in [0, 0.05) is 25.6 Å². The SMILES string of the molecule is O=C(NCCCNC1CC1)N[C@H](CCO)C(=O)O. The van der Waals surface area contributed by atoms with E-state index in [-0.39, 0.29) is 13.0 Å². The molecule has 1 fully saturated rings. The first-order valence-corrected chi connectivity index (χ1v) is 6.25. The van der Waals surface area contributed by atoms with Crippen LogP contribution in [0.25, 0.3) is 0 Å². The quantitative estimate of drug-likeness (QED) is 0.350. The van der Waals surface area contributed by atoms with E-state index in [2.05, 4.69) is 16.0 Å². The summed E-state index contributed by atoms with van der Waals surface area (Å²) >= 11 is 0. The smallest absolute Gasteiger partial charge is 0.326 e. The summed E-state index contributed by atoms with van der Waals surface area (Å²) in [7, 11) is 0. The highest BCUT2D eigenvalue weighted by Gasteiger charge is 2.20. The summed E-state index contributed by atoms with van der Waals surface area (Å²) in [6.07, 6.45) is 3.28. The van der Waals surface area contributed by atoms with Crippen molar-refractivity contribution in [2.45, 2.75) is 37.8 Å². The number of aliphatic carboxylic acids is 1. The number of urea groups is 1. The minimum absolute atomic E-state index is 0.00594. The van der Waals surface area contributed by atoms with E-state index in [0.717, 1.165) is 13.0 Å². The number of carbonyl (C=O) groups is 2. The van der Waals surface area contributed by atoms with Gasteiger partial charge >= 0.3 is 12.0 Å². The summed E-state index contributed by atoms with van der Waals surface area (Å²) in [6, 6.07) is -0.901. The summed E-state index contributed by atoms with van der Waals surface area (Å²) in [4.78, 5) is 22.1. The lowest BCUT2D eigenvalue weighted by molar-refractivity contribution is -0.139. The number of aliphatic hydroxyl groups is 1. The zero-order chi connectivity index (χ0) is 13.4. The lowest BCUT2D eigenvalue weighted by atomic mass is 10.2. The molecule has 1 aliphatic rings. The fourth-order valence-electron chi connectivity index (χ4n) is 1.48. The van der Waals surface area contributed by atoms with E-state index in [4.69, 9.17) is 10.2 Å². The van der Waals surface area contributed by atoms with Crippen molar-refractivity contribution in [3.05, 3.63) is 0 Å². The lowest BCUT2D eigenvalue weighted by Crippen LogP contribution is -2.46. The van der Waals surface area contributed by atoms with Gasteiger partial charge in [-0.1, -0.05) is 0 Å². The third-order valence-electron chi connectivity index (χ3n) is 2.67. The minimum atomic E-state index is -1.14. The number of hydrogen-bond acceptors (Lipinski definition) is 4. The Morgan fingerprint density at radius 3 is 2.56 bits per heavy atom. The highest BCUT2D eigenvalue weighted by Crippen LogP contribution is 2.18. The molecule has 2 amide bonds. The Balaban J connectivity index is 2.04. The Morgan fingerprint density at radius 2 is 2.00 bits per heavy atom. The second-order valence-corrected chi connectivity index (χ2v) is 4.39. The first-order valence-electron chi connectivity index (χ1n) is 6.25. The first-order chi connectivity index (χ1) is 8.63. The fraction of sp³-hybridized carbons (Fsp3) is 0.818. The number of carbonyl (C=O) groups excluding carboxylic acids is 1. The number of amides is 2. The van der Waals surface area contributed by atoms with Gasteiger partial charge in [-0.2, -0.15) is 0 Å². The molecular weight excluding hydrogens is 238 g/mol. The molecule has 0 bridgehead atoms. The summed E-state index contributed by atoms with van der Waals surface area (Å²) in [6.45, 7) is 1.07. The van der Waals surface area contributed by atoms with E-state index in [0.29, 0.717) is 12.6 Å². The monoisotopic (exact) mass is 259 g/mol. The van der Waals surface area contributed by atoms with Crippen molar-refractivity contribution in [3.8, 4) is 0 Å². The minimum Gasteiger partial charge on any atom is -0.480 e. The van der Waals surface area contributed by atoms with E-state index < -0.39 is 18.0 Å². The molecule has 0 unspecified atom stereocenters. The van der Waals surface area contributed by atoms with Crippen molar-refractivity contribution in [2.24, 2.45) is 0 Å². The summed E-state index contributed by atoms with van der Waals surface area (Å²) in [5, 5.41) is 25.6. The maximum Gasteiger partial charge on any atom is 0.326 e. The van der Waals surface area contributed by atoms with Crippen LogP contribution in [0, 0.1) is 0 Å². The van der Waals surface area contributed by atoms with E-state index >= 15 is 0 Å². The highest BCUT2D eigenvalue weighted by atomic mass is 16.4. The molecule has 0 aromatic rings. The van der Waals surface area contributed by atoms with Crippen LogP contribution in [-0.2, 0) is 4.79 Å². The predicted molar refractivity (Wildman–Crippen MR) is 65.3 cm³/mol.